The van der Waals surface area contributed by atoms with E-state index >= 15 is 0 Å². The van der Waals surface area contributed by atoms with Crippen molar-refractivity contribution in [2.24, 2.45) is 0 Å². The number of rotatable bonds is 4. The van der Waals surface area contributed by atoms with Crippen LogP contribution in [0.25, 0.3) is 0 Å². The number of phenolic OH excluding ortho intramolecular Hbond substituents is 1. The van der Waals surface area contributed by atoms with Gasteiger partial charge in [-0.1, -0.05) is 12.1 Å². The molecule has 0 bridgehead atoms. The molecule has 1 amide bonds. The highest BCUT2D eigenvalue weighted by atomic mass is 32.1. The molecular weight excluding hydrogens is 272 g/mol. The molecule has 0 radical (unpaired) electrons. The molecule has 1 aromatic heterocycles. The molecule has 0 aliphatic rings. The van der Waals surface area contributed by atoms with Crippen molar-refractivity contribution in [3.8, 4) is 5.75 Å². The van der Waals surface area contributed by atoms with Crippen LogP contribution in [-0.2, 0) is 16.8 Å². The summed E-state index contributed by atoms with van der Waals surface area (Å²) in [6.45, 7) is 5.86. The number of hydrogen-bond acceptors (Lipinski definition) is 4. The largest absolute Gasteiger partial charge is 0.508 e. The minimum Gasteiger partial charge on any atom is -0.508 e. The SMILES string of the molecule is Cc1cnc(C(C)(C)NC(=O)Cc2cccc(O)c2)s1. The van der Waals surface area contributed by atoms with Crippen LogP contribution in [0.4, 0.5) is 0 Å². The molecule has 5 heteroatoms. The van der Waals surface area contributed by atoms with Crippen LogP contribution in [0.5, 0.6) is 5.75 Å². The van der Waals surface area contributed by atoms with Crippen molar-refractivity contribution in [1.29, 1.82) is 0 Å². The minimum atomic E-state index is -0.493. The summed E-state index contributed by atoms with van der Waals surface area (Å²) in [4.78, 5) is 17.5. The lowest BCUT2D eigenvalue weighted by molar-refractivity contribution is -0.122. The summed E-state index contributed by atoms with van der Waals surface area (Å²) in [6.07, 6.45) is 2.05. The number of phenols is 1. The van der Waals surface area contributed by atoms with Crippen molar-refractivity contribution in [3.05, 3.63) is 45.9 Å². The van der Waals surface area contributed by atoms with E-state index in [2.05, 4.69) is 10.3 Å². The van der Waals surface area contributed by atoms with E-state index in [1.807, 2.05) is 33.0 Å². The maximum atomic E-state index is 12.1. The second-order valence-electron chi connectivity index (χ2n) is 5.30. The Morgan fingerprint density at radius 3 is 2.80 bits per heavy atom. The molecule has 106 valence electrons. The third kappa shape index (κ3) is 3.57. The van der Waals surface area contributed by atoms with Crippen molar-refractivity contribution in [3.63, 3.8) is 0 Å². The Morgan fingerprint density at radius 2 is 2.20 bits per heavy atom. The van der Waals surface area contributed by atoms with Gasteiger partial charge in [-0.2, -0.15) is 0 Å². The van der Waals surface area contributed by atoms with Crippen molar-refractivity contribution in [2.45, 2.75) is 32.7 Å². The van der Waals surface area contributed by atoms with Gasteiger partial charge in [0.25, 0.3) is 0 Å². The standard InChI is InChI=1S/C15H18N2O2S/c1-10-9-16-14(20-10)15(2,3)17-13(19)8-11-5-4-6-12(18)7-11/h4-7,9,18H,8H2,1-3H3,(H,17,19). The summed E-state index contributed by atoms with van der Waals surface area (Å²) in [5, 5.41) is 13.3. The molecule has 2 aromatic rings. The molecule has 20 heavy (non-hydrogen) atoms. The summed E-state index contributed by atoms with van der Waals surface area (Å²) < 4.78 is 0. The monoisotopic (exact) mass is 290 g/mol. The van der Waals surface area contributed by atoms with Gasteiger partial charge in [-0.15, -0.1) is 11.3 Å². The number of carbonyl (C=O) groups is 1. The Kier molecular flexibility index (Phi) is 4.09. The zero-order chi connectivity index (χ0) is 14.8. The second-order valence-corrected chi connectivity index (χ2v) is 6.53. The predicted octanol–water partition coefficient (Wildman–Crippen LogP) is 2.75. The van der Waals surface area contributed by atoms with Gasteiger partial charge < -0.3 is 10.4 Å². The number of hydrogen-bond donors (Lipinski definition) is 2. The summed E-state index contributed by atoms with van der Waals surface area (Å²) in [6, 6.07) is 6.73. The maximum Gasteiger partial charge on any atom is 0.225 e. The van der Waals surface area contributed by atoms with Gasteiger partial charge in [-0.25, -0.2) is 4.98 Å². The third-order valence-corrected chi connectivity index (χ3v) is 4.12. The smallest absolute Gasteiger partial charge is 0.225 e. The summed E-state index contributed by atoms with van der Waals surface area (Å²) in [5.41, 5.74) is 0.293. The number of amides is 1. The fourth-order valence-electron chi connectivity index (χ4n) is 1.94. The first-order valence-corrected chi connectivity index (χ1v) is 7.20. The number of nitrogens with zero attached hydrogens (tertiary/aromatic N) is 1. The molecule has 2 N–H and O–H groups in total. The Morgan fingerprint density at radius 1 is 1.45 bits per heavy atom. The number of carbonyl (C=O) groups excluding carboxylic acids is 1. The molecule has 0 saturated heterocycles. The maximum absolute atomic E-state index is 12.1. The Hall–Kier alpha value is -1.88. The van der Waals surface area contributed by atoms with Crippen molar-refractivity contribution in [2.75, 3.05) is 0 Å². The van der Waals surface area contributed by atoms with Crippen molar-refractivity contribution < 1.29 is 9.90 Å². The lowest BCUT2D eigenvalue weighted by Gasteiger charge is -2.23. The number of aromatic nitrogens is 1. The van der Waals surface area contributed by atoms with Crippen LogP contribution in [0.3, 0.4) is 0 Å². The van der Waals surface area contributed by atoms with Gasteiger partial charge in [0, 0.05) is 11.1 Å². The van der Waals surface area contributed by atoms with E-state index < -0.39 is 5.54 Å². The molecule has 0 unspecified atom stereocenters. The highest BCUT2D eigenvalue weighted by molar-refractivity contribution is 7.11. The highest BCUT2D eigenvalue weighted by Gasteiger charge is 2.25. The average molecular weight is 290 g/mol. The lowest BCUT2D eigenvalue weighted by atomic mass is 10.1. The summed E-state index contributed by atoms with van der Waals surface area (Å²) in [7, 11) is 0. The highest BCUT2D eigenvalue weighted by Crippen LogP contribution is 2.24. The van der Waals surface area contributed by atoms with Gasteiger partial charge in [0.05, 0.1) is 12.0 Å². The quantitative estimate of drug-likeness (QED) is 0.910. The molecule has 0 spiro atoms. The van der Waals surface area contributed by atoms with Crippen molar-refractivity contribution in [1.82, 2.24) is 10.3 Å². The van der Waals surface area contributed by atoms with Crippen LogP contribution in [-0.4, -0.2) is 16.0 Å². The van der Waals surface area contributed by atoms with E-state index in [0.29, 0.717) is 0 Å². The first-order chi connectivity index (χ1) is 9.37. The fourth-order valence-corrected chi connectivity index (χ4v) is 2.76. The number of thiazole rings is 1. The predicted molar refractivity (Wildman–Crippen MR) is 79.8 cm³/mol. The lowest BCUT2D eigenvalue weighted by Crippen LogP contribution is -2.41. The third-order valence-electron chi connectivity index (χ3n) is 2.88. The zero-order valence-corrected chi connectivity index (χ0v) is 12.6. The molecule has 0 fully saturated rings. The van der Waals surface area contributed by atoms with Gasteiger partial charge >= 0.3 is 0 Å². The average Bonchev–Trinajstić information content (AvgIpc) is 2.75. The summed E-state index contributed by atoms with van der Waals surface area (Å²) in [5.74, 6) is 0.0820. The molecule has 0 aliphatic heterocycles. The van der Waals surface area contributed by atoms with Gasteiger partial charge in [0.1, 0.15) is 10.8 Å². The van der Waals surface area contributed by atoms with Crippen molar-refractivity contribution >= 4 is 17.2 Å². The van der Waals surface area contributed by atoms with Crippen LogP contribution in [0.15, 0.2) is 30.5 Å². The van der Waals surface area contributed by atoms with Crippen LogP contribution < -0.4 is 5.32 Å². The number of aromatic hydroxyl groups is 1. The molecule has 0 aliphatic carbocycles. The van der Waals surface area contributed by atoms with Crippen LogP contribution in [0, 0.1) is 6.92 Å². The molecule has 0 atom stereocenters. The molecule has 2 rings (SSSR count). The first kappa shape index (κ1) is 14.5. The van der Waals surface area contributed by atoms with Gasteiger partial charge in [0.15, 0.2) is 0 Å². The molecule has 1 heterocycles. The topological polar surface area (TPSA) is 62.2 Å². The van der Waals surface area contributed by atoms with E-state index in [1.165, 1.54) is 0 Å². The molecular formula is C15H18N2O2S. The van der Waals surface area contributed by atoms with Crippen LogP contribution in [0.2, 0.25) is 0 Å². The van der Waals surface area contributed by atoms with E-state index in [0.717, 1.165) is 15.4 Å². The normalized spacial score (nSPS) is 11.3. The number of nitrogens with one attached hydrogen (secondary N) is 1. The minimum absolute atomic E-state index is 0.0894. The first-order valence-electron chi connectivity index (χ1n) is 6.38. The molecule has 1 aromatic carbocycles. The van der Waals surface area contributed by atoms with Crippen LogP contribution in [0.1, 0.15) is 29.3 Å². The van der Waals surface area contributed by atoms with E-state index in [9.17, 15) is 9.90 Å². The number of aryl methyl sites for hydroxylation is 1. The molecule has 0 saturated carbocycles. The Labute approximate surface area is 122 Å². The van der Waals surface area contributed by atoms with Crippen LogP contribution >= 0.6 is 11.3 Å². The molecule has 4 nitrogen and oxygen atoms in total. The zero-order valence-electron chi connectivity index (χ0n) is 11.8. The number of benzene rings is 1. The second kappa shape index (κ2) is 5.63. The van der Waals surface area contributed by atoms with Gasteiger partial charge in [-0.3, -0.25) is 4.79 Å². The fraction of sp³-hybridized carbons (Fsp3) is 0.333. The van der Waals surface area contributed by atoms with E-state index in [-0.39, 0.29) is 18.1 Å². The van der Waals surface area contributed by atoms with Gasteiger partial charge in [0.2, 0.25) is 5.91 Å². The van der Waals surface area contributed by atoms with E-state index in [1.54, 1.807) is 29.5 Å². The Bertz CT molecular complexity index is 620. The Balaban J connectivity index is 2.04. The van der Waals surface area contributed by atoms with Gasteiger partial charge in [-0.05, 0) is 38.5 Å². The summed E-state index contributed by atoms with van der Waals surface area (Å²) >= 11 is 1.58. The van der Waals surface area contributed by atoms with E-state index in [4.69, 9.17) is 0 Å².